The lowest BCUT2D eigenvalue weighted by atomic mass is 10.2. The Balaban J connectivity index is 1.70. The van der Waals surface area contributed by atoms with Crippen LogP contribution in [0.3, 0.4) is 0 Å². The van der Waals surface area contributed by atoms with Crippen LogP contribution in [0, 0.1) is 0 Å². The molecule has 0 bridgehead atoms. The molecule has 0 unspecified atom stereocenters. The van der Waals surface area contributed by atoms with Crippen LogP contribution in [0.5, 0.6) is 11.5 Å². The van der Waals surface area contributed by atoms with Crippen molar-refractivity contribution in [1.29, 1.82) is 0 Å². The molecule has 1 aromatic rings. The Bertz CT molecular complexity index is 496. The highest BCUT2D eigenvalue weighted by Gasteiger charge is 2.15. The van der Waals surface area contributed by atoms with Gasteiger partial charge < -0.3 is 24.8 Å². The van der Waals surface area contributed by atoms with Crippen LogP contribution in [0.25, 0.3) is 0 Å². The number of amides is 1. The Morgan fingerprint density at radius 2 is 2.10 bits per heavy atom. The van der Waals surface area contributed by atoms with Gasteiger partial charge in [0.1, 0.15) is 0 Å². The third-order valence-corrected chi connectivity index (χ3v) is 3.75. The number of methoxy groups -OCH3 is 1. The van der Waals surface area contributed by atoms with Crippen LogP contribution in [0.15, 0.2) is 16.6 Å². The maximum Gasteiger partial charge on any atom is 0.231 e. The molecule has 2 N–H and O–H groups in total. The molecule has 2 rings (SSSR count). The monoisotopic (exact) mass is 358 g/mol. The summed E-state index contributed by atoms with van der Waals surface area (Å²) in [5.74, 6) is 1.53. The number of benzene rings is 1. The second kappa shape index (κ2) is 8.21. The van der Waals surface area contributed by atoms with E-state index in [0.29, 0.717) is 32.7 Å². The molecular weight excluding hydrogens is 340 g/mol. The highest BCUT2D eigenvalue weighted by molar-refractivity contribution is 9.10. The zero-order chi connectivity index (χ0) is 15.1. The van der Waals surface area contributed by atoms with Crippen molar-refractivity contribution in [2.75, 3.05) is 33.6 Å². The van der Waals surface area contributed by atoms with E-state index in [1.165, 1.54) is 0 Å². The number of carbonyl (C=O) groups is 1. The number of hydrogen-bond donors (Lipinski definition) is 2. The number of ether oxygens (including phenoxy) is 3. The molecule has 0 spiro atoms. The molecule has 0 atom stereocenters. The van der Waals surface area contributed by atoms with E-state index in [4.69, 9.17) is 14.2 Å². The zero-order valence-corrected chi connectivity index (χ0v) is 13.5. The lowest BCUT2D eigenvalue weighted by molar-refractivity contribution is -0.121. The van der Waals surface area contributed by atoms with E-state index >= 15 is 0 Å². The first-order valence-corrected chi connectivity index (χ1v) is 7.54. The molecule has 1 amide bonds. The normalized spacial score (nSPS) is 12.5. The van der Waals surface area contributed by atoms with Gasteiger partial charge in [-0.25, -0.2) is 0 Å². The summed E-state index contributed by atoms with van der Waals surface area (Å²) in [5, 5.41) is 6.01. The van der Waals surface area contributed by atoms with Crippen LogP contribution in [-0.2, 0) is 16.1 Å². The summed E-state index contributed by atoms with van der Waals surface area (Å²) in [6, 6.07) is 3.84. The van der Waals surface area contributed by atoms with Gasteiger partial charge in [-0.15, -0.1) is 0 Å². The molecule has 6 nitrogen and oxygen atoms in total. The average molecular weight is 359 g/mol. The summed E-state index contributed by atoms with van der Waals surface area (Å²) >= 11 is 3.50. The van der Waals surface area contributed by atoms with Crippen molar-refractivity contribution in [3.05, 3.63) is 22.2 Å². The molecule has 0 fully saturated rings. The Labute approximate surface area is 132 Å². The minimum atomic E-state index is 0.0179. The number of rotatable bonds is 8. The first kappa shape index (κ1) is 16.1. The molecule has 0 saturated heterocycles. The van der Waals surface area contributed by atoms with Crippen LogP contribution in [0.1, 0.15) is 12.0 Å². The molecule has 0 saturated carbocycles. The van der Waals surface area contributed by atoms with E-state index in [1.54, 1.807) is 7.11 Å². The predicted molar refractivity (Wildman–Crippen MR) is 81.5 cm³/mol. The molecule has 0 radical (unpaired) electrons. The molecular formula is C14H19BrN2O4. The molecule has 0 aliphatic carbocycles. The van der Waals surface area contributed by atoms with Gasteiger partial charge in [-0.2, -0.15) is 0 Å². The number of hydrogen-bond acceptors (Lipinski definition) is 5. The smallest absolute Gasteiger partial charge is 0.231 e. The summed E-state index contributed by atoms with van der Waals surface area (Å²) in [7, 11) is 1.61. The predicted octanol–water partition coefficient (Wildman–Crippen LogP) is 1.42. The molecule has 1 heterocycles. The van der Waals surface area contributed by atoms with Crippen molar-refractivity contribution in [3.8, 4) is 11.5 Å². The van der Waals surface area contributed by atoms with Gasteiger partial charge >= 0.3 is 0 Å². The van der Waals surface area contributed by atoms with Gasteiger partial charge in [-0.3, -0.25) is 4.79 Å². The van der Waals surface area contributed by atoms with Crippen molar-refractivity contribution < 1.29 is 19.0 Å². The number of halogens is 1. The number of carbonyl (C=O) groups excluding carboxylic acids is 1. The van der Waals surface area contributed by atoms with Gasteiger partial charge in [-0.05, 0) is 17.7 Å². The minimum absolute atomic E-state index is 0.0179. The van der Waals surface area contributed by atoms with E-state index < -0.39 is 0 Å². The quantitative estimate of drug-likeness (QED) is 0.688. The largest absolute Gasteiger partial charge is 0.454 e. The second-order valence-electron chi connectivity index (χ2n) is 4.57. The number of fused-ring (bicyclic) bond motifs is 1. The molecule has 21 heavy (non-hydrogen) atoms. The molecule has 1 aliphatic rings. The maximum absolute atomic E-state index is 11.5. The van der Waals surface area contributed by atoms with Crippen LogP contribution in [0.2, 0.25) is 0 Å². The van der Waals surface area contributed by atoms with E-state index in [-0.39, 0.29) is 12.7 Å². The van der Waals surface area contributed by atoms with Crippen molar-refractivity contribution in [2.45, 2.75) is 13.0 Å². The van der Waals surface area contributed by atoms with Crippen molar-refractivity contribution >= 4 is 21.8 Å². The Morgan fingerprint density at radius 3 is 2.86 bits per heavy atom. The highest BCUT2D eigenvalue weighted by atomic mass is 79.9. The maximum atomic E-state index is 11.5. The molecule has 1 aromatic carbocycles. The third-order valence-electron chi connectivity index (χ3n) is 3.01. The fourth-order valence-corrected chi connectivity index (χ4v) is 2.36. The van der Waals surface area contributed by atoms with Crippen molar-refractivity contribution in [1.82, 2.24) is 10.6 Å². The summed E-state index contributed by atoms with van der Waals surface area (Å²) in [5.41, 5.74) is 1.07. The zero-order valence-electron chi connectivity index (χ0n) is 11.9. The van der Waals surface area contributed by atoms with Crippen LogP contribution in [0.4, 0.5) is 0 Å². The van der Waals surface area contributed by atoms with E-state index in [1.807, 2.05) is 12.1 Å². The summed E-state index contributed by atoms with van der Waals surface area (Å²) in [4.78, 5) is 11.5. The van der Waals surface area contributed by atoms with Gasteiger partial charge in [0.25, 0.3) is 0 Å². The van der Waals surface area contributed by atoms with Crippen LogP contribution >= 0.6 is 15.9 Å². The van der Waals surface area contributed by atoms with E-state index in [0.717, 1.165) is 21.5 Å². The SMILES string of the molecule is COCCNC(=O)CCNCc1cc2c(cc1Br)OCO2. The third kappa shape index (κ3) is 4.87. The molecule has 7 heteroatoms. The topological polar surface area (TPSA) is 68.8 Å². The standard InChI is InChI=1S/C14H19BrN2O4/c1-19-5-4-17-14(18)2-3-16-8-10-6-12-13(7-11(10)15)21-9-20-12/h6-7,16H,2-5,8-9H2,1H3,(H,17,18). The molecule has 0 aromatic heterocycles. The van der Waals surface area contributed by atoms with Gasteiger partial charge in [-0.1, -0.05) is 15.9 Å². The lowest BCUT2D eigenvalue weighted by Gasteiger charge is -2.08. The Hall–Kier alpha value is -1.31. The first-order chi connectivity index (χ1) is 10.2. The van der Waals surface area contributed by atoms with Crippen molar-refractivity contribution in [2.24, 2.45) is 0 Å². The van der Waals surface area contributed by atoms with Crippen molar-refractivity contribution in [3.63, 3.8) is 0 Å². The summed E-state index contributed by atoms with van der Waals surface area (Å²) in [6.45, 7) is 2.61. The fourth-order valence-electron chi connectivity index (χ4n) is 1.90. The van der Waals surface area contributed by atoms with Gasteiger partial charge in [0.15, 0.2) is 11.5 Å². The van der Waals surface area contributed by atoms with Gasteiger partial charge in [0.05, 0.1) is 6.61 Å². The van der Waals surface area contributed by atoms with Crippen LogP contribution in [-0.4, -0.2) is 39.5 Å². The molecule has 1 aliphatic heterocycles. The average Bonchev–Trinajstić information content (AvgIpc) is 2.91. The lowest BCUT2D eigenvalue weighted by Crippen LogP contribution is -2.29. The molecule has 116 valence electrons. The van der Waals surface area contributed by atoms with Gasteiger partial charge in [0, 0.05) is 37.6 Å². The van der Waals surface area contributed by atoms with Gasteiger partial charge in [0.2, 0.25) is 12.7 Å². The highest BCUT2D eigenvalue weighted by Crippen LogP contribution is 2.36. The summed E-state index contributed by atoms with van der Waals surface area (Å²) in [6.07, 6.45) is 0.436. The number of nitrogens with one attached hydrogen (secondary N) is 2. The van der Waals surface area contributed by atoms with E-state index in [2.05, 4.69) is 26.6 Å². The first-order valence-electron chi connectivity index (χ1n) is 6.75. The minimum Gasteiger partial charge on any atom is -0.454 e. The Morgan fingerprint density at radius 1 is 1.33 bits per heavy atom. The summed E-state index contributed by atoms with van der Waals surface area (Å²) < 4.78 is 16.5. The van der Waals surface area contributed by atoms with E-state index in [9.17, 15) is 4.79 Å². The second-order valence-corrected chi connectivity index (χ2v) is 5.42. The van der Waals surface area contributed by atoms with Crippen LogP contribution < -0.4 is 20.1 Å². The fraction of sp³-hybridized carbons (Fsp3) is 0.500. The Kier molecular flexibility index (Phi) is 6.28.